The zero-order valence-electron chi connectivity index (χ0n) is 7.28. The summed E-state index contributed by atoms with van der Waals surface area (Å²) in [4.78, 5) is 10.5. The van der Waals surface area contributed by atoms with Crippen LogP contribution in [0.25, 0.3) is 0 Å². The Morgan fingerprint density at radius 1 is 1.42 bits per heavy atom. The molecule has 0 saturated heterocycles. The quantitative estimate of drug-likeness (QED) is 0.639. The number of rotatable bonds is 3. The van der Waals surface area contributed by atoms with Crippen LogP contribution in [0.1, 0.15) is 18.4 Å². The maximum Gasteiger partial charge on any atom is 0.127 e. The molecule has 0 amide bonds. The van der Waals surface area contributed by atoms with Crippen LogP contribution >= 0.6 is 0 Å². The number of carbonyl (C=O) groups excluding carboxylic acids is 1. The van der Waals surface area contributed by atoms with Crippen LogP contribution in [0, 0.1) is 0 Å². The first-order chi connectivity index (χ1) is 5.79. The zero-order valence-corrected chi connectivity index (χ0v) is 7.28. The molecule has 0 bridgehead atoms. The van der Waals surface area contributed by atoms with Crippen LogP contribution in [-0.4, -0.2) is 13.4 Å². The highest BCUT2D eigenvalue weighted by Gasteiger charge is 2.08. The van der Waals surface area contributed by atoms with Crippen molar-refractivity contribution in [3.05, 3.63) is 29.8 Å². The van der Waals surface area contributed by atoms with Crippen LogP contribution in [-0.2, 0) is 4.79 Å². The van der Waals surface area contributed by atoms with E-state index in [0.717, 1.165) is 17.6 Å². The molecule has 12 heavy (non-hydrogen) atoms. The summed E-state index contributed by atoms with van der Waals surface area (Å²) in [5, 5.41) is 0. The molecule has 0 aliphatic heterocycles. The van der Waals surface area contributed by atoms with Crippen molar-refractivity contribution in [2.75, 3.05) is 7.11 Å². The number of methoxy groups -OCH3 is 1. The second kappa shape index (κ2) is 3.90. The van der Waals surface area contributed by atoms with Crippen molar-refractivity contribution in [1.29, 1.82) is 0 Å². The molecule has 0 fully saturated rings. The smallest absolute Gasteiger partial charge is 0.127 e. The molecule has 0 radical (unpaired) electrons. The van der Waals surface area contributed by atoms with Gasteiger partial charge in [-0.25, -0.2) is 0 Å². The van der Waals surface area contributed by atoms with Crippen LogP contribution in [0.2, 0.25) is 0 Å². The fraction of sp³-hybridized carbons (Fsp3) is 0.300. The molecule has 1 aromatic rings. The second-order valence-electron chi connectivity index (χ2n) is 2.67. The number of ether oxygens (including phenoxy) is 1. The normalized spacial score (nSPS) is 12.2. The van der Waals surface area contributed by atoms with Gasteiger partial charge in [-0.1, -0.05) is 25.1 Å². The fourth-order valence-corrected chi connectivity index (χ4v) is 1.12. The van der Waals surface area contributed by atoms with E-state index in [4.69, 9.17) is 4.74 Å². The van der Waals surface area contributed by atoms with Gasteiger partial charge < -0.3 is 9.53 Å². The van der Waals surface area contributed by atoms with Gasteiger partial charge in [0.2, 0.25) is 0 Å². The van der Waals surface area contributed by atoms with Gasteiger partial charge in [0.1, 0.15) is 12.0 Å². The molecule has 0 saturated carbocycles. The number of para-hydroxylation sites is 1. The van der Waals surface area contributed by atoms with E-state index in [2.05, 4.69) is 0 Å². The lowest BCUT2D eigenvalue weighted by atomic mass is 10.0. The number of hydrogen-bond acceptors (Lipinski definition) is 2. The lowest BCUT2D eigenvalue weighted by Gasteiger charge is -2.09. The van der Waals surface area contributed by atoms with Crippen LogP contribution in [0.4, 0.5) is 0 Å². The summed E-state index contributed by atoms with van der Waals surface area (Å²) < 4.78 is 5.11. The van der Waals surface area contributed by atoms with Gasteiger partial charge in [-0.05, 0) is 6.07 Å². The molecule has 0 aliphatic rings. The molecule has 1 rings (SSSR count). The van der Waals surface area contributed by atoms with Gasteiger partial charge in [0, 0.05) is 11.5 Å². The Hall–Kier alpha value is -1.31. The topological polar surface area (TPSA) is 26.3 Å². The Balaban J connectivity index is 3.04. The van der Waals surface area contributed by atoms with Crippen molar-refractivity contribution in [2.45, 2.75) is 12.8 Å². The molecule has 2 nitrogen and oxygen atoms in total. The SMILES string of the molecule is COc1ccccc1[C@H](C)C=O. The van der Waals surface area contributed by atoms with E-state index >= 15 is 0 Å². The molecule has 0 N–H and O–H groups in total. The first kappa shape index (κ1) is 8.78. The standard InChI is InChI=1S/C10H12O2/c1-8(7-11)9-5-3-4-6-10(9)12-2/h3-8H,1-2H3/t8-/m1/s1. The highest BCUT2D eigenvalue weighted by atomic mass is 16.5. The average molecular weight is 164 g/mol. The molecule has 0 aromatic heterocycles. The van der Waals surface area contributed by atoms with Crippen LogP contribution in [0.3, 0.4) is 0 Å². The first-order valence-corrected chi connectivity index (χ1v) is 3.87. The minimum atomic E-state index is -0.0962. The van der Waals surface area contributed by atoms with Crippen molar-refractivity contribution in [2.24, 2.45) is 0 Å². The third kappa shape index (κ3) is 1.64. The second-order valence-corrected chi connectivity index (χ2v) is 2.67. The van der Waals surface area contributed by atoms with Crippen molar-refractivity contribution in [1.82, 2.24) is 0 Å². The van der Waals surface area contributed by atoms with E-state index in [9.17, 15) is 4.79 Å². The molecular formula is C10H12O2. The Bertz CT molecular complexity index is 268. The van der Waals surface area contributed by atoms with Crippen molar-refractivity contribution < 1.29 is 9.53 Å². The fourth-order valence-electron chi connectivity index (χ4n) is 1.12. The van der Waals surface area contributed by atoms with E-state index in [1.54, 1.807) is 7.11 Å². The summed E-state index contributed by atoms with van der Waals surface area (Å²) in [7, 11) is 1.61. The van der Waals surface area contributed by atoms with Gasteiger partial charge in [-0.15, -0.1) is 0 Å². The monoisotopic (exact) mass is 164 g/mol. The molecule has 0 unspecified atom stereocenters. The summed E-state index contributed by atoms with van der Waals surface area (Å²) in [6, 6.07) is 7.55. The Labute approximate surface area is 72.2 Å². The van der Waals surface area contributed by atoms with Crippen LogP contribution in [0.15, 0.2) is 24.3 Å². The predicted molar refractivity (Wildman–Crippen MR) is 47.5 cm³/mol. The zero-order chi connectivity index (χ0) is 8.97. The molecule has 0 heterocycles. The van der Waals surface area contributed by atoms with Gasteiger partial charge >= 0.3 is 0 Å². The van der Waals surface area contributed by atoms with Crippen molar-refractivity contribution >= 4 is 6.29 Å². The summed E-state index contributed by atoms with van der Waals surface area (Å²) in [6.45, 7) is 1.85. The third-order valence-electron chi connectivity index (χ3n) is 1.83. The molecule has 0 aliphatic carbocycles. The Kier molecular flexibility index (Phi) is 2.86. The number of aldehydes is 1. The van der Waals surface area contributed by atoms with E-state index < -0.39 is 0 Å². The summed E-state index contributed by atoms with van der Waals surface area (Å²) >= 11 is 0. The number of hydrogen-bond donors (Lipinski definition) is 0. The average Bonchev–Trinajstić information content (AvgIpc) is 2.16. The highest BCUT2D eigenvalue weighted by molar-refractivity contribution is 5.63. The minimum Gasteiger partial charge on any atom is -0.496 e. The summed E-state index contributed by atoms with van der Waals surface area (Å²) in [5.74, 6) is 0.679. The summed E-state index contributed by atoms with van der Waals surface area (Å²) in [6.07, 6.45) is 0.915. The van der Waals surface area contributed by atoms with Crippen molar-refractivity contribution in [3.8, 4) is 5.75 Å². The van der Waals surface area contributed by atoms with E-state index in [1.165, 1.54) is 0 Å². The van der Waals surface area contributed by atoms with Gasteiger partial charge in [0.25, 0.3) is 0 Å². The lowest BCUT2D eigenvalue weighted by Crippen LogP contribution is -1.97. The minimum absolute atomic E-state index is 0.0962. The van der Waals surface area contributed by atoms with E-state index in [1.807, 2.05) is 31.2 Å². The van der Waals surface area contributed by atoms with Gasteiger partial charge in [-0.3, -0.25) is 0 Å². The Morgan fingerprint density at radius 3 is 2.67 bits per heavy atom. The lowest BCUT2D eigenvalue weighted by molar-refractivity contribution is -0.108. The van der Waals surface area contributed by atoms with Gasteiger partial charge in [0.15, 0.2) is 0 Å². The van der Waals surface area contributed by atoms with E-state index in [-0.39, 0.29) is 5.92 Å². The Morgan fingerprint density at radius 2 is 2.08 bits per heavy atom. The largest absolute Gasteiger partial charge is 0.496 e. The maximum absolute atomic E-state index is 10.5. The van der Waals surface area contributed by atoms with Gasteiger partial charge in [-0.2, -0.15) is 0 Å². The number of carbonyl (C=O) groups is 1. The first-order valence-electron chi connectivity index (χ1n) is 3.87. The molecule has 0 spiro atoms. The summed E-state index contributed by atoms with van der Waals surface area (Å²) in [5.41, 5.74) is 0.940. The predicted octanol–water partition coefficient (Wildman–Crippen LogP) is 2.00. The number of benzene rings is 1. The molecule has 1 aromatic carbocycles. The molecule has 1 atom stereocenters. The van der Waals surface area contributed by atoms with Crippen LogP contribution in [0.5, 0.6) is 5.75 Å². The van der Waals surface area contributed by atoms with Gasteiger partial charge in [0.05, 0.1) is 7.11 Å². The molecule has 64 valence electrons. The van der Waals surface area contributed by atoms with Crippen molar-refractivity contribution in [3.63, 3.8) is 0 Å². The van der Waals surface area contributed by atoms with E-state index in [0.29, 0.717) is 0 Å². The highest BCUT2D eigenvalue weighted by Crippen LogP contribution is 2.24. The van der Waals surface area contributed by atoms with Crippen LogP contribution < -0.4 is 4.74 Å². The molecular weight excluding hydrogens is 152 g/mol. The molecule has 2 heteroatoms. The third-order valence-corrected chi connectivity index (χ3v) is 1.83. The maximum atomic E-state index is 10.5.